The summed E-state index contributed by atoms with van der Waals surface area (Å²) in [4.78, 5) is 14.9. The number of likely N-dealkylation sites (tertiary alicyclic amines) is 1. The first-order valence-corrected chi connectivity index (χ1v) is 11.3. The number of nitrogens with zero attached hydrogens (tertiary/aromatic N) is 1. The fourth-order valence-corrected chi connectivity index (χ4v) is 5.24. The van der Waals surface area contributed by atoms with Crippen LogP contribution in [0.2, 0.25) is 0 Å². The van der Waals surface area contributed by atoms with E-state index < -0.39 is 10.0 Å². The van der Waals surface area contributed by atoms with Crippen LogP contribution in [0.1, 0.15) is 42.5 Å². The van der Waals surface area contributed by atoms with Gasteiger partial charge in [0.15, 0.2) is 0 Å². The molecule has 7 nitrogen and oxygen atoms in total. The highest BCUT2D eigenvalue weighted by atomic mass is 32.2. The molecule has 1 aromatic rings. The van der Waals surface area contributed by atoms with Gasteiger partial charge >= 0.3 is 0 Å². The van der Waals surface area contributed by atoms with Gasteiger partial charge in [0.1, 0.15) is 0 Å². The van der Waals surface area contributed by atoms with Crippen molar-refractivity contribution in [2.45, 2.75) is 55.2 Å². The standard InChI is InChI=1S/C19H27N3O4S/c23-19(22-10-9-15-5-6-16(13-22)21-15)14-3-7-18(8-4-14)27(24,25)20-12-17-2-1-11-26-17/h3-4,7-8,15-17,20-21H,1-2,5-6,9-13H2. The van der Waals surface area contributed by atoms with Gasteiger partial charge in [0.2, 0.25) is 10.0 Å². The molecule has 0 saturated carbocycles. The minimum absolute atomic E-state index is 0.0272. The van der Waals surface area contributed by atoms with Crippen molar-refractivity contribution >= 4 is 15.9 Å². The minimum atomic E-state index is -3.59. The molecule has 2 N–H and O–H groups in total. The third-order valence-corrected chi connectivity index (χ3v) is 7.19. The Morgan fingerprint density at radius 2 is 1.93 bits per heavy atom. The van der Waals surface area contributed by atoms with E-state index in [0.29, 0.717) is 24.3 Å². The summed E-state index contributed by atoms with van der Waals surface area (Å²) < 4.78 is 32.9. The first kappa shape index (κ1) is 18.9. The van der Waals surface area contributed by atoms with E-state index in [9.17, 15) is 13.2 Å². The number of ether oxygens (including phenoxy) is 1. The molecular weight excluding hydrogens is 366 g/mol. The Labute approximate surface area is 160 Å². The van der Waals surface area contributed by atoms with Crippen LogP contribution in [-0.4, -0.2) is 63.7 Å². The normalized spacial score (nSPS) is 28.3. The maximum Gasteiger partial charge on any atom is 0.253 e. The van der Waals surface area contributed by atoms with Gasteiger partial charge in [0.05, 0.1) is 11.0 Å². The van der Waals surface area contributed by atoms with Gasteiger partial charge in [-0.1, -0.05) is 0 Å². The highest BCUT2D eigenvalue weighted by Crippen LogP contribution is 2.22. The molecule has 148 valence electrons. The highest BCUT2D eigenvalue weighted by molar-refractivity contribution is 7.89. The van der Waals surface area contributed by atoms with E-state index in [0.717, 1.165) is 38.8 Å². The van der Waals surface area contributed by atoms with Crippen LogP contribution in [0.3, 0.4) is 0 Å². The van der Waals surface area contributed by atoms with Crippen molar-refractivity contribution < 1.29 is 17.9 Å². The highest BCUT2D eigenvalue weighted by Gasteiger charge is 2.31. The van der Waals surface area contributed by atoms with Crippen LogP contribution in [0, 0.1) is 0 Å². The number of rotatable bonds is 5. The van der Waals surface area contributed by atoms with Gasteiger partial charge in [-0.2, -0.15) is 0 Å². The van der Waals surface area contributed by atoms with Crippen molar-refractivity contribution in [3.05, 3.63) is 29.8 Å². The second kappa shape index (κ2) is 7.87. The Morgan fingerprint density at radius 1 is 1.15 bits per heavy atom. The lowest BCUT2D eigenvalue weighted by molar-refractivity contribution is 0.0748. The molecule has 3 heterocycles. The quantitative estimate of drug-likeness (QED) is 0.783. The van der Waals surface area contributed by atoms with Gasteiger partial charge in [-0.25, -0.2) is 13.1 Å². The van der Waals surface area contributed by atoms with Crippen LogP contribution >= 0.6 is 0 Å². The predicted molar refractivity (Wildman–Crippen MR) is 101 cm³/mol. The number of nitrogens with one attached hydrogen (secondary N) is 2. The summed E-state index contributed by atoms with van der Waals surface area (Å²) in [5.74, 6) is -0.0272. The van der Waals surface area contributed by atoms with Crippen LogP contribution in [0.15, 0.2) is 29.2 Å². The molecule has 0 aromatic heterocycles. The van der Waals surface area contributed by atoms with Crippen LogP contribution in [0.4, 0.5) is 0 Å². The van der Waals surface area contributed by atoms with Crippen LogP contribution < -0.4 is 10.0 Å². The van der Waals surface area contributed by atoms with E-state index in [2.05, 4.69) is 10.0 Å². The molecular formula is C19H27N3O4S. The molecule has 1 amide bonds. The number of hydrogen-bond donors (Lipinski definition) is 2. The van der Waals surface area contributed by atoms with E-state index in [1.54, 1.807) is 12.1 Å². The third-order valence-electron chi connectivity index (χ3n) is 5.75. The summed E-state index contributed by atoms with van der Waals surface area (Å²) in [7, 11) is -3.59. The number of carbonyl (C=O) groups excluding carboxylic acids is 1. The maximum absolute atomic E-state index is 12.8. The maximum atomic E-state index is 12.8. The number of benzene rings is 1. The molecule has 2 bridgehead atoms. The molecule has 3 atom stereocenters. The second-order valence-electron chi connectivity index (χ2n) is 7.69. The number of carbonyl (C=O) groups is 1. The Morgan fingerprint density at radius 3 is 2.67 bits per heavy atom. The molecule has 3 aliphatic heterocycles. The monoisotopic (exact) mass is 393 g/mol. The molecule has 3 unspecified atom stereocenters. The average molecular weight is 394 g/mol. The van der Waals surface area contributed by atoms with Crippen molar-refractivity contribution in [2.75, 3.05) is 26.2 Å². The molecule has 0 aliphatic carbocycles. The largest absolute Gasteiger partial charge is 0.377 e. The van der Waals surface area contributed by atoms with Crippen molar-refractivity contribution in [3.8, 4) is 0 Å². The van der Waals surface area contributed by atoms with Crippen molar-refractivity contribution in [1.29, 1.82) is 0 Å². The number of sulfonamides is 1. The Bertz CT molecular complexity index is 775. The fourth-order valence-electron chi connectivity index (χ4n) is 4.18. The molecule has 1 aromatic carbocycles. The number of hydrogen-bond acceptors (Lipinski definition) is 5. The lowest BCUT2D eigenvalue weighted by Gasteiger charge is -2.24. The molecule has 3 fully saturated rings. The van der Waals surface area contributed by atoms with E-state index >= 15 is 0 Å². The smallest absolute Gasteiger partial charge is 0.253 e. The van der Waals surface area contributed by atoms with Gasteiger partial charge in [0.25, 0.3) is 5.91 Å². The lowest BCUT2D eigenvalue weighted by Crippen LogP contribution is -2.39. The van der Waals surface area contributed by atoms with E-state index in [1.165, 1.54) is 18.6 Å². The third kappa shape index (κ3) is 4.34. The van der Waals surface area contributed by atoms with Gasteiger partial charge in [-0.3, -0.25) is 4.79 Å². The van der Waals surface area contributed by atoms with Crippen LogP contribution in [0.5, 0.6) is 0 Å². The Kier molecular flexibility index (Phi) is 5.50. The van der Waals surface area contributed by atoms with Crippen LogP contribution in [0.25, 0.3) is 0 Å². The molecule has 3 saturated heterocycles. The topological polar surface area (TPSA) is 87.7 Å². The predicted octanol–water partition coefficient (Wildman–Crippen LogP) is 1.11. The zero-order valence-corrected chi connectivity index (χ0v) is 16.2. The molecule has 3 aliphatic rings. The first-order valence-electron chi connectivity index (χ1n) is 9.78. The van der Waals surface area contributed by atoms with Gasteiger partial charge in [-0.15, -0.1) is 0 Å². The van der Waals surface area contributed by atoms with Crippen LogP contribution in [-0.2, 0) is 14.8 Å². The summed E-state index contributed by atoms with van der Waals surface area (Å²) in [6, 6.07) is 7.14. The van der Waals surface area contributed by atoms with Gasteiger partial charge < -0.3 is 15.0 Å². The second-order valence-corrected chi connectivity index (χ2v) is 9.46. The Balaban J connectivity index is 1.39. The summed E-state index contributed by atoms with van der Waals surface area (Å²) >= 11 is 0. The van der Waals surface area contributed by atoms with E-state index in [-0.39, 0.29) is 23.5 Å². The summed E-state index contributed by atoms with van der Waals surface area (Å²) in [5, 5.41) is 3.56. The molecule has 4 rings (SSSR count). The lowest BCUT2D eigenvalue weighted by atomic mass is 10.1. The zero-order chi connectivity index (χ0) is 18.9. The molecule has 0 radical (unpaired) electrons. The summed E-state index contributed by atoms with van der Waals surface area (Å²) in [6.45, 7) is 2.44. The van der Waals surface area contributed by atoms with Gasteiger partial charge in [-0.05, 0) is 56.4 Å². The van der Waals surface area contributed by atoms with Crippen molar-refractivity contribution in [2.24, 2.45) is 0 Å². The van der Waals surface area contributed by atoms with E-state index in [1.807, 2.05) is 4.90 Å². The number of fused-ring (bicyclic) bond motifs is 2. The number of amides is 1. The zero-order valence-electron chi connectivity index (χ0n) is 15.4. The molecule has 0 spiro atoms. The van der Waals surface area contributed by atoms with Gasteiger partial charge in [0, 0.05) is 43.9 Å². The summed E-state index contributed by atoms with van der Waals surface area (Å²) in [5.41, 5.74) is 0.533. The SMILES string of the molecule is O=C(c1ccc(S(=O)(=O)NCC2CCCO2)cc1)N1CCC2CCC(C1)N2. The summed E-state index contributed by atoms with van der Waals surface area (Å²) in [6.07, 6.45) is 5.08. The van der Waals surface area contributed by atoms with Crippen molar-refractivity contribution in [1.82, 2.24) is 14.9 Å². The Hall–Kier alpha value is -1.48. The fraction of sp³-hybridized carbons (Fsp3) is 0.632. The first-order chi connectivity index (χ1) is 13.0. The van der Waals surface area contributed by atoms with Crippen molar-refractivity contribution in [3.63, 3.8) is 0 Å². The minimum Gasteiger partial charge on any atom is -0.377 e. The molecule has 8 heteroatoms. The molecule has 27 heavy (non-hydrogen) atoms. The average Bonchev–Trinajstić information content (AvgIpc) is 3.29. The van der Waals surface area contributed by atoms with E-state index in [4.69, 9.17) is 4.74 Å².